The molecular weight excluding hydrogens is 178 g/mol. The number of nitrogens with zero attached hydrogens (tertiary/aromatic N) is 2. The number of hydrogen-bond donors (Lipinski definition) is 1. The summed E-state index contributed by atoms with van der Waals surface area (Å²) in [5.41, 5.74) is 11.3. The Kier molecular flexibility index (Phi) is 1.91. The van der Waals surface area contributed by atoms with Gasteiger partial charge in [0.15, 0.2) is 0 Å². The van der Waals surface area contributed by atoms with Gasteiger partial charge in [-0.3, -0.25) is 4.79 Å². The van der Waals surface area contributed by atoms with E-state index in [0.29, 0.717) is 11.3 Å². The van der Waals surface area contributed by atoms with Crippen LogP contribution in [0.1, 0.15) is 18.1 Å². The van der Waals surface area contributed by atoms with Crippen LogP contribution in [0.15, 0.2) is 18.2 Å². The van der Waals surface area contributed by atoms with Gasteiger partial charge in [-0.05, 0) is 24.1 Å². The fraction of sp³-hybridized carbons (Fsp3) is 0.200. The lowest BCUT2D eigenvalue weighted by Crippen LogP contribution is -2.14. The van der Waals surface area contributed by atoms with Crippen molar-refractivity contribution in [1.29, 1.82) is 0 Å². The molecule has 0 atom stereocenters. The second-order valence-electron chi connectivity index (χ2n) is 3.14. The average molecular weight is 187 g/mol. The van der Waals surface area contributed by atoms with E-state index in [-0.39, 0.29) is 11.6 Å². The number of aryl methyl sites for hydroxylation is 1. The van der Waals surface area contributed by atoms with Gasteiger partial charge in [-0.2, -0.15) is 4.79 Å². The summed E-state index contributed by atoms with van der Waals surface area (Å²) in [7, 11) is 0. The molecule has 0 fully saturated rings. The lowest BCUT2D eigenvalue weighted by Gasteiger charge is -1.98. The number of anilines is 1. The third-order valence-corrected chi connectivity index (χ3v) is 2.31. The van der Waals surface area contributed by atoms with Crippen molar-refractivity contribution in [3.63, 3.8) is 0 Å². The van der Waals surface area contributed by atoms with Gasteiger partial charge < -0.3 is 10.8 Å². The van der Waals surface area contributed by atoms with E-state index in [1.54, 1.807) is 0 Å². The van der Waals surface area contributed by atoms with Gasteiger partial charge in [0, 0.05) is 0 Å². The predicted molar refractivity (Wildman–Crippen MR) is 52.2 cm³/mol. The minimum absolute atomic E-state index is 0.0929. The Hall–Kier alpha value is -1.93. The Balaban J connectivity index is 2.61. The normalized spacial score (nSPS) is 13.5. The molecule has 0 bridgehead atoms. The van der Waals surface area contributed by atoms with Gasteiger partial charge in [0.05, 0.1) is 11.3 Å². The van der Waals surface area contributed by atoms with Crippen molar-refractivity contribution in [2.45, 2.75) is 13.3 Å². The number of hydrogen-bond acceptors (Lipinski definition) is 1. The Bertz CT molecular complexity index is 458. The van der Waals surface area contributed by atoms with Crippen molar-refractivity contribution in [2.24, 2.45) is 0 Å². The maximum absolute atomic E-state index is 11.3. The molecule has 1 aromatic carbocycles. The van der Waals surface area contributed by atoms with E-state index < -0.39 is 0 Å². The molecule has 4 nitrogen and oxygen atoms in total. The van der Waals surface area contributed by atoms with E-state index >= 15 is 0 Å². The number of rotatable bonds is 1. The van der Waals surface area contributed by atoms with Gasteiger partial charge in [-0.15, -0.1) is 0 Å². The molecule has 0 aliphatic carbocycles. The highest BCUT2D eigenvalue weighted by Gasteiger charge is 2.33. The summed E-state index contributed by atoms with van der Waals surface area (Å²) in [5, 5.41) is 2.62. The highest BCUT2D eigenvalue weighted by Crippen LogP contribution is 2.23. The van der Waals surface area contributed by atoms with Gasteiger partial charge in [0.25, 0.3) is 0 Å². The summed E-state index contributed by atoms with van der Waals surface area (Å²) < 4.78 is 0. The predicted octanol–water partition coefficient (Wildman–Crippen LogP) is 1.22. The molecule has 1 amide bonds. The number of carbonyl (C=O) groups is 1. The molecule has 0 saturated carbocycles. The minimum Gasteiger partial charge on any atom is -0.361 e. The summed E-state index contributed by atoms with van der Waals surface area (Å²) in [4.78, 5) is 14.2. The molecule has 1 N–H and O–H groups in total. The van der Waals surface area contributed by atoms with E-state index in [0.717, 1.165) is 12.0 Å². The lowest BCUT2D eigenvalue weighted by molar-refractivity contribution is -0.114. The van der Waals surface area contributed by atoms with Crippen LogP contribution >= 0.6 is 0 Å². The van der Waals surface area contributed by atoms with Gasteiger partial charge in [-0.1, -0.05) is 13.0 Å². The van der Waals surface area contributed by atoms with Crippen LogP contribution in [0.2, 0.25) is 0 Å². The monoisotopic (exact) mass is 187 g/mol. The largest absolute Gasteiger partial charge is 0.388 e. The molecular formula is C10H9N3O. The highest BCUT2D eigenvalue weighted by atomic mass is 16.2. The van der Waals surface area contributed by atoms with Crippen LogP contribution in [0.4, 0.5) is 5.69 Å². The summed E-state index contributed by atoms with van der Waals surface area (Å²) in [5.74, 6) is -0.351. The first-order chi connectivity index (χ1) is 6.76. The Morgan fingerprint density at radius 1 is 1.50 bits per heavy atom. The second kappa shape index (κ2) is 3.09. The molecule has 1 aliphatic heterocycles. The molecule has 0 unspecified atom stereocenters. The van der Waals surface area contributed by atoms with Crippen LogP contribution in [0.25, 0.3) is 5.53 Å². The summed E-state index contributed by atoms with van der Waals surface area (Å²) >= 11 is 0. The zero-order chi connectivity index (χ0) is 10.1. The van der Waals surface area contributed by atoms with E-state index in [1.165, 1.54) is 0 Å². The molecule has 2 rings (SSSR count). The maximum Gasteiger partial charge on any atom is 0.388 e. The van der Waals surface area contributed by atoms with Crippen molar-refractivity contribution < 1.29 is 9.58 Å². The second-order valence-corrected chi connectivity index (χ2v) is 3.14. The van der Waals surface area contributed by atoms with Crippen molar-refractivity contribution >= 4 is 17.3 Å². The van der Waals surface area contributed by atoms with E-state index in [9.17, 15) is 4.79 Å². The molecule has 0 spiro atoms. The number of fused-ring (bicyclic) bond motifs is 1. The summed E-state index contributed by atoms with van der Waals surface area (Å²) in [6.45, 7) is 2.03. The van der Waals surface area contributed by atoms with Crippen LogP contribution in [0, 0.1) is 0 Å². The number of amides is 1. The van der Waals surface area contributed by atoms with Crippen molar-refractivity contribution in [3.05, 3.63) is 34.9 Å². The molecule has 0 radical (unpaired) electrons. The molecule has 1 aliphatic rings. The summed E-state index contributed by atoms with van der Waals surface area (Å²) in [6, 6.07) is 5.63. The fourth-order valence-corrected chi connectivity index (χ4v) is 1.52. The van der Waals surface area contributed by atoms with Crippen LogP contribution < -0.4 is 5.32 Å². The number of nitrogens with one attached hydrogen (secondary N) is 1. The van der Waals surface area contributed by atoms with E-state index in [4.69, 9.17) is 5.53 Å². The third kappa shape index (κ3) is 1.13. The molecule has 4 heteroatoms. The van der Waals surface area contributed by atoms with Crippen LogP contribution in [0.3, 0.4) is 0 Å². The van der Waals surface area contributed by atoms with Crippen LogP contribution in [-0.2, 0) is 11.2 Å². The Morgan fingerprint density at radius 3 is 2.93 bits per heavy atom. The SMILES string of the molecule is CCc1ccc2c(c1)C(=[N+]=[N-])C(=O)N2. The lowest BCUT2D eigenvalue weighted by atomic mass is 10.1. The molecule has 14 heavy (non-hydrogen) atoms. The van der Waals surface area contributed by atoms with Crippen LogP contribution in [-0.4, -0.2) is 16.4 Å². The van der Waals surface area contributed by atoms with Crippen LogP contribution in [0.5, 0.6) is 0 Å². The van der Waals surface area contributed by atoms with Crippen molar-refractivity contribution in [3.8, 4) is 0 Å². The smallest absolute Gasteiger partial charge is 0.361 e. The van der Waals surface area contributed by atoms with Crippen molar-refractivity contribution in [1.82, 2.24) is 0 Å². The summed E-state index contributed by atoms with van der Waals surface area (Å²) in [6.07, 6.45) is 0.889. The highest BCUT2D eigenvalue weighted by molar-refractivity contribution is 6.51. The van der Waals surface area contributed by atoms with E-state index in [1.807, 2.05) is 25.1 Å². The first kappa shape index (κ1) is 8.66. The molecule has 0 aromatic heterocycles. The molecule has 1 heterocycles. The Morgan fingerprint density at radius 2 is 2.29 bits per heavy atom. The quantitative estimate of drug-likeness (QED) is 0.521. The van der Waals surface area contributed by atoms with Crippen molar-refractivity contribution in [2.75, 3.05) is 5.32 Å². The first-order valence-electron chi connectivity index (χ1n) is 4.43. The molecule has 70 valence electrons. The zero-order valence-corrected chi connectivity index (χ0v) is 7.74. The number of carbonyl (C=O) groups excluding carboxylic acids is 1. The Labute approximate surface area is 81.2 Å². The van der Waals surface area contributed by atoms with E-state index in [2.05, 4.69) is 10.1 Å². The molecule has 0 saturated heterocycles. The first-order valence-corrected chi connectivity index (χ1v) is 4.43. The minimum atomic E-state index is -0.351. The van der Waals surface area contributed by atoms with Gasteiger partial charge in [-0.25, -0.2) is 0 Å². The van der Waals surface area contributed by atoms with Gasteiger partial charge >= 0.3 is 11.6 Å². The average Bonchev–Trinajstić information content (AvgIpc) is 2.52. The van der Waals surface area contributed by atoms with Gasteiger partial charge in [0.2, 0.25) is 0 Å². The number of benzene rings is 1. The topological polar surface area (TPSA) is 65.5 Å². The standard InChI is InChI=1S/C10H9N3O/c1-2-6-3-4-8-7(5-6)9(13-11)10(14)12-8/h3-5H,2H2,1H3,(H,12,14). The molecule has 1 aromatic rings. The third-order valence-electron chi connectivity index (χ3n) is 2.31. The van der Waals surface area contributed by atoms with Gasteiger partial charge in [0.1, 0.15) is 0 Å². The maximum atomic E-state index is 11.3. The zero-order valence-electron chi connectivity index (χ0n) is 7.74. The fourth-order valence-electron chi connectivity index (χ4n) is 1.52.